The molecule has 3 N–H and O–H groups in total. The van der Waals surface area contributed by atoms with Crippen LogP contribution in [0.25, 0.3) is 0 Å². The first-order valence-corrected chi connectivity index (χ1v) is 7.35. The molecule has 1 atom stereocenters. The molecule has 116 valence electrons. The number of carboxylic acids is 1. The van der Waals surface area contributed by atoms with Crippen LogP contribution in [0, 0.1) is 6.92 Å². The van der Waals surface area contributed by atoms with E-state index in [0.717, 1.165) is 24.8 Å². The lowest BCUT2D eigenvalue weighted by atomic mass is 10.1. The van der Waals surface area contributed by atoms with Crippen molar-refractivity contribution in [2.75, 3.05) is 6.54 Å². The molecule has 0 saturated carbocycles. The highest BCUT2D eigenvalue weighted by Gasteiger charge is 2.18. The van der Waals surface area contributed by atoms with Crippen molar-refractivity contribution in [3.8, 4) is 0 Å². The molecule has 1 rings (SSSR count). The van der Waals surface area contributed by atoms with Gasteiger partial charge < -0.3 is 15.7 Å². The molecule has 0 aliphatic rings. The number of aliphatic carboxylic acids is 1. The van der Waals surface area contributed by atoms with Crippen LogP contribution in [0.15, 0.2) is 24.3 Å². The standard InChI is InChI=1S/C16H24N2O3/c1-3-4-8-14(15(19)20)18-16(21)17-10-9-13-7-5-6-12(2)11-13/h5-7,11,14H,3-4,8-10H2,1-2H3,(H,19,20)(H2,17,18,21). The normalized spacial score (nSPS) is 11.7. The fourth-order valence-corrected chi connectivity index (χ4v) is 2.06. The number of carbonyl (C=O) groups excluding carboxylic acids is 1. The molecule has 0 aliphatic carbocycles. The van der Waals surface area contributed by atoms with Crippen molar-refractivity contribution in [2.45, 2.75) is 45.6 Å². The lowest BCUT2D eigenvalue weighted by Crippen LogP contribution is -2.46. The van der Waals surface area contributed by atoms with Crippen LogP contribution in [0.1, 0.15) is 37.3 Å². The van der Waals surface area contributed by atoms with Crippen molar-refractivity contribution in [1.82, 2.24) is 10.6 Å². The maximum Gasteiger partial charge on any atom is 0.326 e. The van der Waals surface area contributed by atoms with Crippen molar-refractivity contribution in [3.63, 3.8) is 0 Å². The molecule has 5 nitrogen and oxygen atoms in total. The van der Waals surface area contributed by atoms with Crippen LogP contribution in [-0.4, -0.2) is 29.7 Å². The smallest absolute Gasteiger partial charge is 0.326 e. The molecular formula is C16H24N2O3. The molecule has 21 heavy (non-hydrogen) atoms. The van der Waals surface area contributed by atoms with Gasteiger partial charge >= 0.3 is 12.0 Å². The summed E-state index contributed by atoms with van der Waals surface area (Å²) in [7, 11) is 0. The fourth-order valence-electron chi connectivity index (χ4n) is 2.06. The number of hydrogen-bond donors (Lipinski definition) is 3. The number of hydrogen-bond acceptors (Lipinski definition) is 2. The van der Waals surface area contributed by atoms with Crippen LogP contribution in [0.3, 0.4) is 0 Å². The molecule has 1 aromatic carbocycles. The predicted molar refractivity (Wildman–Crippen MR) is 82.4 cm³/mol. The van der Waals surface area contributed by atoms with Crippen LogP contribution >= 0.6 is 0 Å². The number of nitrogens with one attached hydrogen (secondary N) is 2. The second-order valence-electron chi connectivity index (χ2n) is 5.17. The van der Waals surface area contributed by atoms with Crippen molar-refractivity contribution >= 4 is 12.0 Å². The summed E-state index contributed by atoms with van der Waals surface area (Å²) in [6.45, 7) is 4.49. The number of carboxylic acid groups (broad SMARTS) is 1. The highest BCUT2D eigenvalue weighted by Crippen LogP contribution is 2.04. The molecular weight excluding hydrogens is 268 g/mol. The van der Waals surface area contributed by atoms with E-state index in [-0.39, 0.29) is 0 Å². The highest BCUT2D eigenvalue weighted by atomic mass is 16.4. The van der Waals surface area contributed by atoms with Gasteiger partial charge in [0.25, 0.3) is 0 Å². The Hall–Kier alpha value is -2.04. The van der Waals surface area contributed by atoms with Gasteiger partial charge in [-0.05, 0) is 25.3 Å². The molecule has 0 saturated heterocycles. The molecule has 0 heterocycles. The highest BCUT2D eigenvalue weighted by molar-refractivity contribution is 5.82. The number of amides is 2. The minimum atomic E-state index is -0.989. The van der Waals surface area contributed by atoms with Gasteiger partial charge in [0.05, 0.1) is 0 Å². The van der Waals surface area contributed by atoms with Gasteiger partial charge in [-0.25, -0.2) is 9.59 Å². The Bertz CT molecular complexity index is 474. The third kappa shape index (κ3) is 6.79. The first kappa shape index (κ1) is 17.0. The SMILES string of the molecule is CCCCC(NC(=O)NCCc1cccc(C)c1)C(=O)O. The molecule has 0 radical (unpaired) electrons. The van der Waals surface area contributed by atoms with Gasteiger partial charge in [0, 0.05) is 6.54 Å². The van der Waals surface area contributed by atoms with Crippen LogP contribution < -0.4 is 10.6 Å². The average molecular weight is 292 g/mol. The maximum absolute atomic E-state index is 11.7. The van der Waals surface area contributed by atoms with Crippen molar-refractivity contribution in [1.29, 1.82) is 0 Å². The van der Waals surface area contributed by atoms with Crippen molar-refractivity contribution < 1.29 is 14.7 Å². The molecule has 1 aromatic rings. The molecule has 5 heteroatoms. The van der Waals surface area contributed by atoms with Gasteiger partial charge in [0.1, 0.15) is 6.04 Å². The third-order valence-corrected chi connectivity index (χ3v) is 3.23. The second kappa shape index (κ2) is 9.00. The summed E-state index contributed by atoms with van der Waals surface area (Å²) in [4.78, 5) is 22.7. The summed E-state index contributed by atoms with van der Waals surface area (Å²) in [5, 5.41) is 14.2. The molecule has 0 fully saturated rings. The van der Waals surface area contributed by atoms with E-state index in [4.69, 9.17) is 5.11 Å². The number of urea groups is 1. The Balaban J connectivity index is 2.34. The van der Waals surface area contributed by atoms with Crippen LogP contribution in [-0.2, 0) is 11.2 Å². The minimum absolute atomic E-state index is 0.425. The predicted octanol–water partition coefficient (Wildman–Crippen LogP) is 2.48. The van der Waals surface area contributed by atoms with Gasteiger partial charge in [-0.15, -0.1) is 0 Å². The third-order valence-electron chi connectivity index (χ3n) is 3.23. The summed E-state index contributed by atoms with van der Waals surface area (Å²) in [5.74, 6) is -0.989. The van der Waals surface area contributed by atoms with Gasteiger partial charge in [-0.2, -0.15) is 0 Å². The van der Waals surface area contributed by atoms with E-state index in [1.807, 2.05) is 32.0 Å². The van der Waals surface area contributed by atoms with Crippen LogP contribution in [0.4, 0.5) is 4.79 Å². The van der Waals surface area contributed by atoms with Crippen LogP contribution in [0.2, 0.25) is 0 Å². The largest absolute Gasteiger partial charge is 0.480 e. The quantitative estimate of drug-likeness (QED) is 0.688. The number of benzene rings is 1. The van der Waals surface area contributed by atoms with Gasteiger partial charge in [0.2, 0.25) is 0 Å². The molecule has 0 bridgehead atoms. The Labute approximate surface area is 125 Å². The Morgan fingerprint density at radius 1 is 1.33 bits per heavy atom. The molecule has 2 amide bonds. The van der Waals surface area contributed by atoms with Crippen LogP contribution in [0.5, 0.6) is 0 Å². The average Bonchev–Trinajstić information content (AvgIpc) is 2.43. The van der Waals surface area contributed by atoms with E-state index in [1.54, 1.807) is 0 Å². The monoisotopic (exact) mass is 292 g/mol. The zero-order chi connectivity index (χ0) is 15.7. The topological polar surface area (TPSA) is 78.4 Å². The summed E-state index contributed by atoms with van der Waals surface area (Å²) in [6, 6.07) is 6.84. The van der Waals surface area contributed by atoms with Gasteiger partial charge in [-0.3, -0.25) is 0 Å². The summed E-state index contributed by atoms with van der Waals surface area (Å²) in [6.07, 6.45) is 2.86. The van der Waals surface area contributed by atoms with E-state index < -0.39 is 18.0 Å². The van der Waals surface area contributed by atoms with Crippen molar-refractivity contribution in [2.24, 2.45) is 0 Å². The van der Waals surface area contributed by atoms with E-state index in [0.29, 0.717) is 13.0 Å². The number of carbonyl (C=O) groups is 2. The van der Waals surface area contributed by atoms with E-state index in [9.17, 15) is 9.59 Å². The Kier molecular flexibility index (Phi) is 7.29. The lowest BCUT2D eigenvalue weighted by Gasteiger charge is -2.14. The van der Waals surface area contributed by atoms with E-state index in [1.165, 1.54) is 5.56 Å². The number of rotatable bonds is 8. The van der Waals surface area contributed by atoms with Gasteiger partial charge in [-0.1, -0.05) is 49.6 Å². The second-order valence-corrected chi connectivity index (χ2v) is 5.17. The number of unbranched alkanes of at least 4 members (excludes halogenated alkanes) is 1. The summed E-state index contributed by atoms with van der Waals surface area (Å²) >= 11 is 0. The zero-order valence-electron chi connectivity index (χ0n) is 12.7. The van der Waals surface area contributed by atoms with Gasteiger partial charge in [0.15, 0.2) is 0 Å². The molecule has 0 spiro atoms. The Morgan fingerprint density at radius 2 is 2.10 bits per heavy atom. The first-order chi connectivity index (χ1) is 10.0. The fraction of sp³-hybridized carbons (Fsp3) is 0.500. The van der Waals surface area contributed by atoms with E-state index >= 15 is 0 Å². The number of aryl methyl sites for hydroxylation is 1. The minimum Gasteiger partial charge on any atom is -0.480 e. The summed E-state index contributed by atoms with van der Waals surface area (Å²) < 4.78 is 0. The van der Waals surface area contributed by atoms with Crippen molar-refractivity contribution in [3.05, 3.63) is 35.4 Å². The Morgan fingerprint density at radius 3 is 2.71 bits per heavy atom. The maximum atomic E-state index is 11.7. The van der Waals surface area contributed by atoms with E-state index in [2.05, 4.69) is 16.7 Å². The molecule has 0 aromatic heterocycles. The summed E-state index contributed by atoms with van der Waals surface area (Å²) in [5.41, 5.74) is 2.33. The molecule has 1 unspecified atom stereocenters. The lowest BCUT2D eigenvalue weighted by molar-refractivity contribution is -0.139. The first-order valence-electron chi connectivity index (χ1n) is 7.35. The zero-order valence-corrected chi connectivity index (χ0v) is 12.7. The molecule has 0 aliphatic heterocycles.